The van der Waals surface area contributed by atoms with Crippen LogP contribution in [-0.4, -0.2) is 35.5 Å². The van der Waals surface area contributed by atoms with Gasteiger partial charge in [0.2, 0.25) is 5.91 Å². The molecule has 2 aliphatic carbocycles. The number of carbonyl (C=O) groups excluding carboxylic acids is 1. The number of carboxylic acid groups (broad SMARTS) is 1. The lowest BCUT2D eigenvalue weighted by molar-refractivity contribution is -0.152. The van der Waals surface area contributed by atoms with Gasteiger partial charge in [0.05, 0.1) is 0 Å². The molecule has 1 amide bonds. The summed E-state index contributed by atoms with van der Waals surface area (Å²) in [5, 5.41) is 9.09. The van der Waals surface area contributed by atoms with E-state index in [-0.39, 0.29) is 5.91 Å². The second-order valence-corrected chi connectivity index (χ2v) is 5.91. The summed E-state index contributed by atoms with van der Waals surface area (Å²) in [6, 6.07) is 0. The Balaban J connectivity index is 1.79. The van der Waals surface area contributed by atoms with Crippen LogP contribution in [0.4, 0.5) is 0 Å². The van der Waals surface area contributed by atoms with Crippen LogP contribution in [0.5, 0.6) is 0 Å². The highest BCUT2D eigenvalue weighted by molar-refractivity contribution is 6.04. The Hall–Kier alpha value is -1.06. The standard InChI is InChI=1S/C14H23NO3/c1-15(10-7-11-5-3-2-4-6-11)12(16)14(8-9-14)13(17)18/h11H,2-10H2,1H3,(H,17,18). The van der Waals surface area contributed by atoms with Gasteiger partial charge in [-0.25, -0.2) is 0 Å². The van der Waals surface area contributed by atoms with E-state index in [9.17, 15) is 9.59 Å². The summed E-state index contributed by atoms with van der Waals surface area (Å²) in [5.74, 6) is -0.406. The molecule has 102 valence electrons. The molecule has 0 bridgehead atoms. The summed E-state index contributed by atoms with van der Waals surface area (Å²) in [4.78, 5) is 24.8. The normalized spacial score (nSPS) is 22.5. The van der Waals surface area contributed by atoms with E-state index in [1.54, 1.807) is 11.9 Å². The number of carbonyl (C=O) groups is 2. The molecule has 4 heteroatoms. The fourth-order valence-electron chi connectivity index (χ4n) is 2.96. The minimum atomic E-state index is -1.07. The van der Waals surface area contributed by atoms with Gasteiger partial charge in [-0.05, 0) is 25.2 Å². The molecule has 0 aliphatic heterocycles. The van der Waals surface area contributed by atoms with Crippen LogP contribution in [0.1, 0.15) is 51.4 Å². The summed E-state index contributed by atoms with van der Waals surface area (Å²) < 4.78 is 0. The van der Waals surface area contributed by atoms with Crippen molar-refractivity contribution in [1.29, 1.82) is 0 Å². The lowest BCUT2D eigenvalue weighted by atomic mass is 9.87. The molecular weight excluding hydrogens is 230 g/mol. The SMILES string of the molecule is CN(CCC1CCCCC1)C(=O)C1(C(=O)O)CC1. The van der Waals surface area contributed by atoms with E-state index in [1.807, 2.05) is 0 Å². The topological polar surface area (TPSA) is 57.6 Å². The Morgan fingerprint density at radius 1 is 1.22 bits per heavy atom. The maximum Gasteiger partial charge on any atom is 0.319 e. The molecule has 0 unspecified atom stereocenters. The summed E-state index contributed by atoms with van der Waals surface area (Å²) in [6.45, 7) is 0.707. The highest BCUT2D eigenvalue weighted by Gasteiger charge is 2.58. The monoisotopic (exact) mass is 253 g/mol. The third-order valence-electron chi connectivity index (χ3n) is 4.51. The molecule has 0 aromatic carbocycles. The van der Waals surface area contributed by atoms with Crippen LogP contribution in [0, 0.1) is 11.3 Å². The summed E-state index contributed by atoms with van der Waals surface area (Å²) in [7, 11) is 1.74. The van der Waals surface area contributed by atoms with Gasteiger partial charge >= 0.3 is 5.97 Å². The molecule has 2 fully saturated rings. The van der Waals surface area contributed by atoms with E-state index in [4.69, 9.17) is 5.11 Å². The highest BCUT2D eigenvalue weighted by Crippen LogP contribution is 2.47. The molecular formula is C14H23NO3. The second-order valence-electron chi connectivity index (χ2n) is 5.91. The van der Waals surface area contributed by atoms with Crippen molar-refractivity contribution in [2.45, 2.75) is 51.4 Å². The van der Waals surface area contributed by atoms with Crippen molar-refractivity contribution in [3.63, 3.8) is 0 Å². The van der Waals surface area contributed by atoms with Crippen molar-refractivity contribution >= 4 is 11.9 Å². The molecule has 0 saturated heterocycles. The Morgan fingerprint density at radius 2 is 1.83 bits per heavy atom. The molecule has 18 heavy (non-hydrogen) atoms. The van der Waals surface area contributed by atoms with Crippen molar-refractivity contribution in [1.82, 2.24) is 4.90 Å². The molecule has 0 aromatic rings. The maximum atomic E-state index is 12.1. The minimum Gasteiger partial charge on any atom is -0.480 e. The number of hydrogen-bond acceptors (Lipinski definition) is 2. The minimum absolute atomic E-state index is 0.189. The first kappa shape index (κ1) is 13.4. The third-order valence-corrected chi connectivity index (χ3v) is 4.51. The van der Waals surface area contributed by atoms with E-state index >= 15 is 0 Å². The van der Waals surface area contributed by atoms with Gasteiger partial charge < -0.3 is 10.0 Å². The van der Waals surface area contributed by atoms with Crippen LogP contribution in [0.3, 0.4) is 0 Å². The first-order chi connectivity index (χ1) is 8.56. The number of nitrogens with zero attached hydrogens (tertiary/aromatic N) is 1. The molecule has 0 atom stereocenters. The van der Waals surface area contributed by atoms with Gasteiger partial charge in [0.15, 0.2) is 0 Å². The quantitative estimate of drug-likeness (QED) is 0.765. The molecule has 4 nitrogen and oxygen atoms in total. The molecule has 2 saturated carbocycles. The van der Waals surface area contributed by atoms with Crippen LogP contribution in [0.2, 0.25) is 0 Å². The summed E-state index contributed by atoms with van der Waals surface area (Å²) >= 11 is 0. The number of amides is 1. The van der Waals surface area contributed by atoms with Gasteiger partial charge in [-0.2, -0.15) is 0 Å². The van der Waals surface area contributed by atoms with Crippen LogP contribution in [0.25, 0.3) is 0 Å². The van der Waals surface area contributed by atoms with E-state index in [0.29, 0.717) is 19.4 Å². The van der Waals surface area contributed by atoms with Crippen LogP contribution in [0.15, 0.2) is 0 Å². The molecule has 2 aliphatic rings. The lowest BCUT2D eigenvalue weighted by Gasteiger charge is -2.26. The van der Waals surface area contributed by atoms with Crippen molar-refractivity contribution < 1.29 is 14.7 Å². The Morgan fingerprint density at radius 3 is 2.33 bits per heavy atom. The van der Waals surface area contributed by atoms with Crippen molar-refractivity contribution in [3.8, 4) is 0 Å². The molecule has 0 aromatic heterocycles. The van der Waals surface area contributed by atoms with E-state index < -0.39 is 11.4 Å². The molecule has 0 radical (unpaired) electrons. The predicted molar refractivity (Wildman–Crippen MR) is 68.1 cm³/mol. The average molecular weight is 253 g/mol. The van der Waals surface area contributed by atoms with E-state index in [0.717, 1.165) is 12.3 Å². The second kappa shape index (κ2) is 5.29. The summed E-state index contributed by atoms with van der Waals surface area (Å²) in [5.41, 5.74) is -1.07. The zero-order chi connectivity index (χ0) is 13.2. The summed E-state index contributed by atoms with van der Waals surface area (Å²) in [6.07, 6.45) is 8.54. The van der Waals surface area contributed by atoms with Gasteiger partial charge in [0, 0.05) is 13.6 Å². The molecule has 2 rings (SSSR count). The Kier molecular flexibility index (Phi) is 3.93. The zero-order valence-electron chi connectivity index (χ0n) is 11.2. The fraction of sp³-hybridized carbons (Fsp3) is 0.857. The van der Waals surface area contributed by atoms with Crippen LogP contribution < -0.4 is 0 Å². The number of hydrogen-bond donors (Lipinski definition) is 1. The van der Waals surface area contributed by atoms with E-state index in [2.05, 4.69) is 0 Å². The zero-order valence-corrected chi connectivity index (χ0v) is 11.2. The predicted octanol–water partition coefficient (Wildman–Crippen LogP) is 2.28. The van der Waals surface area contributed by atoms with Crippen LogP contribution in [-0.2, 0) is 9.59 Å². The van der Waals surface area contributed by atoms with Crippen molar-refractivity contribution in [2.75, 3.05) is 13.6 Å². The Labute approximate surface area is 108 Å². The highest BCUT2D eigenvalue weighted by atomic mass is 16.4. The van der Waals surface area contributed by atoms with Crippen molar-refractivity contribution in [3.05, 3.63) is 0 Å². The number of aliphatic carboxylic acids is 1. The van der Waals surface area contributed by atoms with Gasteiger partial charge in [-0.3, -0.25) is 9.59 Å². The average Bonchev–Trinajstić information content (AvgIpc) is 3.17. The molecule has 0 heterocycles. The Bertz CT molecular complexity index is 330. The maximum absolute atomic E-state index is 12.1. The first-order valence-corrected chi connectivity index (χ1v) is 7.05. The molecule has 0 spiro atoms. The molecule has 1 N–H and O–H groups in total. The first-order valence-electron chi connectivity index (χ1n) is 7.05. The van der Waals surface area contributed by atoms with Gasteiger partial charge in [-0.15, -0.1) is 0 Å². The van der Waals surface area contributed by atoms with Crippen molar-refractivity contribution in [2.24, 2.45) is 11.3 Å². The number of rotatable bonds is 5. The van der Waals surface area contributed by atoms with E-state index in [1.165, 1.54) is 32.1 Å². The smallest absolute Gasteiger partial charge is 0.319 e. The lowest BCUT2D eigenvalue weighted by Crippen LogP contribution is -2.39. The third kappa shape index (κ3) is 2.68. The van der Waals surface area contributed by atoms with Crippen LogP contribution >= 0.6 is 0 Å². The number of carboxylic acids is 1. The van der Waals surface area contributed by atoms with Gasteiger partial charge in [0.1, 0.15) is 5.41 Å². The van der Waals surface area contributed by atoms with Gasteiger partial charge in [-0.1, -0.05) is 32.1 Å². The fourth-order valence-corrected chi connectivity index (χ4v) is 2.96. The largest absolute Gasteiger partial charge is 0.480 e. The van der Waals surface area contributed by atoms with Gasteiger partial charge in [0.25, 0.3) is 0 Å².